The van der Waals surface area contributed by atoms with Crippen molar-refractivity contribution in [3.8, 4) is 0 Å². The standard InChI is InChI=1S/C15H21F3N2S/c1-12(19-6-7-20-8-10-21-11-9-20)13-2-4-14(5-3-13)15(16,17)18/h2-5,12,19H,6-11H2,1H3. The van der Waals surface area contributed by atoms with Gasteiger partial charge in [0.15, 0.2) is 0 Å². The molecule has 1 N–H and O–H groups in total. The number of hydrogen-bond donors (Lipinski definition) is 1. The van der Waals surface area contributed by atoms with Crippen LogP contribution in [0.1, 0.15) is 24.1 Å². The monoisotopic (exact) mass is 318 g/mol. The van der Waals surface area contributed by atoms with Crippen molar-refractivity contribution in [1.82, 2.24) is 10.2 Å². The molecule has 1 aromatic carbocycles. The normalized spacial score (nSPS) is 18.7. The second-order valence-electron chi connectivity index (χ2n) is 5.25. The van der Waals surface area contributed by atoms with E-state index >= 15 is 0 Å². The number of nitrogens with zero attached hydrogens (tertiary/aromatic N) is 1. The molecule has 118 valence electrons. The Bertz CT molecular complexity index is 428. The molecular formula is C15H21F3N2S. The third kappa shape index (κ3) is 5.20. The largest absolute Gasteiger partial charge is 0.416 e. The first-order valence-corrected chi connectivity index (χ1v) is 8.33. The zero-order chi connectivity index (χ0) is 15.3. The molecule has 1 unspecified atom stereocenters. The molecule has 1 atom stereocenters. The number of benzene rings is 1. The maximum Gasteiger partial charge on any atom is 0.416 e. The summed E-state index contributed by atoms with van der Waals surface area (Å²) in [4.78, 5) is 2.42. The summed E-state index contributed by atoms with van der Waals surface area (Å²) in [5.41, 5.74) is 0.293. The second kappa shape index (κ2) is 7.51. The van der Waals surface area contributed by atoms with Gasteiger partial charge in [-0.3, -0.25) is 0 Å². The van der Waals surface area contributed by atoms with Gasteiger partial charge in [-0.25, -0.2) is 0 Å². The molecule has 1 aliphatic rings. The van der Waals surface area contributed by atoms with Crippen molar-refractivity contribution in [2.45, 2.75) is 19.1 Å². The maximum absolute atomic E-state index is 12.5. The van der Waals surface area contributed by atoms with E-state index in [1.165, 1.54) is 11.5 Å². The maximum atomic E-state index is 12.5. The highest BCUT2D eigenvalue weighted by atomic mass is 32.2. The van der Waals surface area contributed by atoms with Gasteiger partial charge in [0.1, 0.15) is 0 Å². The number of alkyl halides is 3. The lowest BCUT2D eigenvalue weighted by Gasteiger charge is -2.27. The molecule has 0 bridgehead atoms. The number of rotatable bonds is 5. The predicted molar refractivity (Wildman–Crippen MR) is 81.6 cm³/mol. The smallest absolute Gasteiger partial charge is 0.309 e. The lowest BCUT2D eigenvalue weighted by molar-refractivity contribution is -0.137. The lowest BCUT2D eigenvalue weighted by Crippen LogP contribution is -2.38. The van der Waals surface area contributed by atoms with Crippen LogP contribution in [0, 0.1) is 0 Å². The summed E-state index contributed by atoms with van der Waals surface area (Å²) in [5.74, 6) is 2.38. The van der Waals surface area contributed by atoms with E-state index in [0.29, 0.717) is 0 Å². The summed E-state index contributed by atoms with van der Waals surface area (Å²) >= 11 is 1.98. The van der Waals surface area contributed by atoms with E-state index in [1.807, 2.05) is 18.7 Å². The fourth-order valence-electron chi connectivity index (χ4n) is 2.34. The Labute approximate surface area is 128 Å². The molecule has 1 aliphatic heterocycles. The van der Waals surface area contributed by atoms with Crippen LogP contribution in [0.2, 0.25) is 0 Å². The zero-order valence-electron chi connectivity index (χ0n) is 12.1. The van der Waals surface area contributed by atoms with Crippen LogP contribution in [-0.4, -0.2) is 42.6 Å². The number of nitrogens with one attached hydrogen (secondary N) is 1. The first-order chi connectivity index (χ1) is 9.97. The van der Waals surface area contributed by atoms with Crippen LogP contribution in [-0.2, 0) is 6.18 Å². The quantitative estimate of drug-likeness (QED) is 0.896. The Morgan fingerprint density at radius 1 is 1.19 bits per heavy atom. The van der Waals surface area contributed by atoms with E-state index in [4.69, 9.17) is 0 Å². The van der Waals surface area contributed by atoms with Gasteiger partial charge in [0.05, 0.1) is 5.56 Å². The van der Waals surface area contributed by atoms with Crippen LogP contribution in [0.15, 0.2) is 24.3 Å². The van der Waals surface area contributed by atoms with Gasteiger partial charge >= 0.3 is 6.18 Å². The first kappa shape index (κ1) is 16.6. The predicted octanol–water partition coefficient (Wildman–Crippen LogP) is 3.40. The molecule has 21 heavy (non-hydrogen) atoms. The van der Waals surface area contributed by atoms with Crippen molar-refractivity contribution in [2.24, 2.45) is 0 Å². The number of halogens is 3. The Morgan fingerprint density at radius 3 is 2.38 bits per heavy atom. The zero-order valence-corrected chi connectivity index (χ0v) is 12.9. The molecule has 1 fully saturated rings. The minimum Gasteiger partial charge on any atom is -0.309 e. The van der Waals surface area contributed by atoms with E-state index in [9.17, 15) is 13.2 Å². The van der Waals surface area contributed by atoms with Crippen LogP contribution >= 0.6 is 11.8 Å². The van der Waals surface area contributed by atoms with Crippen LogP contribution < -0.4 is 5.32 Å². The molecule has 0 radical (unpaired) electrons. The molecule has 0 amide bonds. The number of thioether (sulfide) groups is 1. The highest BCUT2D eigenvalue weighted by Gasteiger charge is 2.30. The van der Waals surface area contributed by atoms with Crippen molar-refractivity contribution in [3.63, 3.8) is 0 Å². The Hall–Kier alpha value is -0.720. The molecular weight excluding hydrogens is 297 g/mol. The van der Waals surface area contributed by atoms with Crippen molar-refractivity contribution < 1.29 is 13.2 Å². The van der Waals surface area contributed by atoms with Crippen molar-refractivity contribution in [2.75, 3.05) is 37.7 Å². The minimum atomic E-state index is -4.26. The fraction of sp³-hybridized carbons (Fsp3) is 0.600. The molecule has 0 aromatic heterocycles. The Morgan fingerprint density at radius 2 is 1.81 bits per heavy atom. The number of hydrogen-bond acceptors (Lipinski definition) is 3. The van der Waals surface area contributed by atoms with Gasteiger partial charge in [-0.05, 0) is 24.6 Å². The van der Waals surface area contributed by atoms with Gasteiger partial charge < -0.3 is 10.2 Å². The topological polar surface area (TPSA) is 15.3 Å². The highest BCUT2D eigenvalue weighted by Crippen LogP contribution is 2.29. The van der Waals surface area contributed by atoms with Gasteiger partial charge in [0.25, 0.3) is 0 Å². The van der Waals surface area contributed by atoms with Crippen LogP contribution in [0.25, 0.3) is 0 Å². The van der Waals surface area contributed by atoms with E-state index in [-0.39, 0.29) is 6.04 Å². The van der Waals surface area contributed by atoms with Crippen LogP contribution in [0.3, 0.4) is 0 Å². The van der Waals surface area contributed by atoms with E-state index in [0.717, 1.165) is 43.9 Å². The molecule has 0 spiro atoms. The average Bonchev–Trinajstić information content (AvgIpc) is 2.47. The van der Waals surface area contributed by atoms with Crippen molar-refractivity contribution in [1.29, 1.82) is 0 Å². The molecule has 0 saturated carbocycles. The van der Waals surface area contributed by atoms with Gasteiger partial charge in [-0.1, -0.05) is 12.1 Å². The third-order valence-electron chi connectivity index (χ3n) is 3.72. The molecule has 0 aliphatic carbocycles. The summed E-state index contributed by atoms with van der Waals surface area (Å²) in [6.07, 6.45) is -4.26. The van der Waals surface area contributed by atoms with E-state index in [1.54, 1.807) is 12.1 Å². The molecule has 1 saturated heterocycles. The summed E-state index contributed by atoms with van der Waals surface area (Å²) < 4.78 is 37.5. The van der Waals surface area contributed by atoms with Gasteiger partial charge in [-0.15, -0.1) is 0 Å². The molecule has 1 heterocycles. The van der Waals surface area contributed by atoms with Gasteiger partial charge in [0, 0.05) is 43.7 Å². The summed E-state index contributed by atoms with van der Waals surface area (Å²) in [6.45, 7) is 6.08. The minimum absolute atomic E-state index is 0.0615. The van der Waals surface area contributed by atoms with E-state index in [2.05, 4.69) is 10.2 Å². The average molecular weight is 318 g/mol. The van der Waals surface area contributed by atoms with Crippen molar-refractivity contribution in [3.05, 3.63) is 35.4 Å². The highest BCUT2D eigenvalue weighted by molar-refractivity contribution is 7.99. The Balaban J connectivity index is 1.78. The molecule has 1 aromatic rings. The first-order valence-electron chi connectivity index (χ1n) is 7.17. The van der Waals surface area contributed by atoms with Gasteiger partial charge in [0.2, 0.25) is 0 Å². The SMILES string of the molecule is CC(NCCN1CCSCC1)c1ccc(C(F)(F)F)cc1. The van der Waals surface area contributed by atoms with Crippen LogP contribution in [0.5, 0.6) is 0 Å². The van der Waals surface area contributed by atoms with Gasteiger partial charge in [-0.2, -0.15) is 24.9 Å². The molecule has 2 rings (SSSR count). The summed E-state index contributed by atoms with van der Waals surface area (Å²) in [6, 6.07) is 5.47. The molecule has 2 nitrogen and oxygen atoms in total. The van der Waals surface area contributed by atoms with Crippen LogP contribution in [0.4, 0.5) is 13.2 Å². The summed E-state index contributed by atoms with van der Waals surface area (Å²) in [7, 11) is 0. The van der Waals surface area contributed by atoms with Crippen molar-refractivity contribution >= 4 is 11.8 Å². The summed E-state index contributed by atoms with van der Waals surface area (Å²) in [5, 5.41) is 3.37. The molecule has 6 heteroatoms. The van der Waals surface area contributed by atoms with E-state index < -0.39 is 11.7 Å². The lowest BCUT2D eigenvalue weighted by atomic mass is 10.1. The third-order valence-corrected chi connectivity index (χ3v) is 4.66. The second-order valence-corrected chi connectivity index (χ2v) is 6.47. The Kier molecular flexibility index (Phi) is 5.96. The fourth-order valence-corrected chi connectivity index (χ4v) is 3.32.